The lowest BCUT2D eigenvalue weighted by molar-refractivity contribution is -0.870. The van der Waals surface area contributed by atoms with Gasteiger partial charge in [0, 0.05) is 12.8 Å². The summed E-state index contributed by atoms with van der Waals surface area (Å²) >= 11 is 0. The molecular weight excluding hydrogens is 750 g/mol. The second-order valence-corrected chi connectivity index (χ2v) is 17.5. The number of rotatable bonds is 40. The molecule has 0 saturated carbocycles. The Morgan fingerprint density at radius 1 is 0.534 bits per heavy atom. The Balaban J connectivity index is 4.49. The molecule has 0 aliphatic rings. The fourth-order valence-corrected chi connectivity index (χ4v) is 6.38. The number of hydrogen-bond acceptors (Lipinski definition) is 7. The fraction of sp³-hybridized carbons (Fsp3) is 0.708. The number of ether oxygens (including phenoxy) is 2. The summed E-state index contributed by atoms with van der Waals surface area (Å²) in [5.41, 5.74) is 0. The maximum Gasteiger partial charge on any atom is 0.472 e. The van der Waals surface area contributed by atoms with Crippen LogP contribution in [-0.2, 0) is 32.7 Å². The third-order valence-corrected chi connectivity index (χ3v) is 10.2. The van der Waals surface area contributed by atoms with Gasteiger partial charge in [-0.25, -0.2) is 4.57 Å². The monoisotopic (exact) mass is 835 g/mol. The van der Waals surface area contributed by atoms with Crippen molar-refractivity contribution in [3.63, 3.8) is 0 Å². The third-order valence-electron chi connectivity index (χ3n) is 9.22. The third kappa shape index (κ3) is 43.0. The molecule has 0 aliphatic carbocycles. The van der Waals surface area contributed by atoms with Gasteiger partial charge in [-0.2, -0.15) is 0 Å². The normalized spacial score (nSPS) is 14.2. The maximum absolute atomic E-state index is 12.7. The molecule has 0 aromatic carbocycles. The summed E-state index contributed by atoms with van der Waals surface area (Å²) < 4.78 is 34.2. The molecule has 334 valence electrons. The van der Waals surface area contributed by atoms with Crippen molar-refractivity contribution in [2.24, 2.45) is 0 Å². The smallest absolute Gasteiger partial charge is 0.462 e. The highest BCUT2D eigenvalue weighted by molar-refractivity contribution is 7.47. The zero-order valence-corrected chi connectivity index (χ0v) is 38.4. The SMILES string of the molecule is CCCCC/C=C\C/C=C\C/C=C\C/C=C\C/C=C\CCC(=O)O[C@H](COC(=O)CCCCCCCCC/C=C\CCCCCC)COP(=O)(O)OCC[N+](C)(C)C. The van der Waals surface area contributed by atoms with E-state index < -0.39 is 32.5 Å². The molecule has 9 nitrogen and oxygen atoms in total. The van der Waals surface area contributed by atoms with E-state index in [-0.39, 0.29) is 26.1 Å². The van der Waals surface area contributed by atoms with E-state index in [9.17, 15) is 19.0 Å². The number of unbranched alkanes of at least 4 members (excludes halogenated alkanes) is 14. The molecule has 58 heavy (non-hydrogen) atoms. The van der Waals surface area contributed by atoms with Gasteiger partial charge in [-0.15, -0.1) is 0 Å². The summed E-state index contributed by atoms with van der Waals surface area (Å²) in [7, 11) is 1.42. The van der Waals surface area contributed by atoms with Crippen LogP contribution in [0.3, 0.4) is 0 Å². The van der Waals surface area contributed by atoms with E-state index >= 15 is 0 Å². The molecule has 0 fully saturated rings. The minimum absolute atomic E-state index is 0.0146. The fourth-order valence-electron chi connectivity index (χ4n) is 5.64. The van der Waals surface area contributed by atoms with Gasteiger partial charge in [0.25, 0.3) is 0 Å². The molecule has 0 bridgehead atoms. The van der Waals surface area contributed by atoms with Crippen molar-refractivity contribution in [3.05, 3.63) is 72.9 Å². The lowest BCUT2D eigenvalue weighted by atomic mass is 10.1. The van der Waals surface area contributed by atoms with Crippen molar-refractivity contribution in [2.45, 2.75) is 174 Å². The highest BCUT2D eigenvalue weighted by atomic mass is 31.2. The van der Waals surface area contributed by atoms with Crippen molar-refractivity contribution < 1.29 is 42.1 Å². The van der Waals surface area contributed by atoms with Gasteiger partial charge in [0.05, 0.1) is 27.7 Å². The predicted molar refractivity (Wildman–Crippen MR) is 242 cm³/mol. The molecule has 1 N–H and O–H groups in total. The number of quaternary nitrogens is 1. The van der Waals surface area contributed by atoms with E-state index in [2.05, 4.69) is 74.6 Å². The van der Waals surface area contributed by atoms with Crippen LogP contribution in [0, 0.1) is 0 Å². The minimum atomic E-state index is -4.40. The first-order chi connectivity index (χ1) is 28.0. The summed E-state index contributed by atoms with van der Waals surface area (Å²) in [4.78, 5) is 35.3. The Labute approximate surface area is 355 Å². The van der Waals surface area contributed by atoms with Crippen molar-refractivity contribution in [1.29, 1.82) is 0 Å². The number of hydrogen-bond donors (Lipinski definition) is 1. The average molecular weight is 835 g/mol. The van der Waals surface area contributed by atoms with E-state index in [1.807, 2.05) is 33.3 Å². The van der Waals surface area contributed by atoms with Crippen LogP contribution < -0.4 is 0 Å². The van der Waals surface area contributed by atoms with E-state index in [0.29, 0.717) is 17.4 Å². The number of phosphoric acid groups is 1. The summed E-state index contributed by atoms with van der Waals surface area (Å²) in [5, 5.41) is 0. The van der Waals surface area contributed by atoms with Crippen LogP contribution in [0.5, 0.6) is 0 Å². The Kier molecular flexibility index (Phi) is 38.1. The zero-order chi connectivity index (χ0) is 42.8. The molecule has 0 saturated heterocycles. The molecule has 10 heteroatoms. The summed E-state index contributed by atoms with van der Waals surface area (Å²) in [6, 6.07) is 0. The molecule has 0 rings (SSSR count). The Hall–Kier alpha value is -2.55. The van der Waals surface area contributed by atoms with Crippen molar-refractivity contribution in [2.75, 3.05) is 47.5 Å². The van der Waals surface area contributed by atoms with E-state index in [1.165, 1.54) is 77.0 Å². The number of phosphoric ester groups is 1. The van der Waals surface area contributed by atoms with Crippen molar-refractivity contribution in [3.8, 4) is 0 Å². The van der Waals surface area contributed by atoms with Gasteiger partial charge in [-0.3, -0.25) is 18.6 Å². The van der Waals surface area contributed by atoms with Gasteiger partial charge in [-0.1, -0.05) is 151 Å². The van der Waals surface area contributed by atoms with Crippen LogP contribution in [0.1, 0.15) is 168 Å². The van der Waals surface area contributed by atoms with Gasteiger partial charge >= 0.3 is 19.8 Å². The first kappa shape index (κ1) is 55.5. The lowest BCUT2D eigenvalue weighted by Crippen LogP contribution is -2.37. The quantitative estimate of drug-likeness (QED) is 0.0214. The Morgan fingerprint density at radius 2 is 0.966 bits per heavy atom. The van der Waals surface area contributed by atoms with Gasteiger partial charge in [0.15, 0.2) is 6.10 Å². The number of esters is 2. The summed E-state index contributed by atoms with van der Waals surface area (Å²) in [6.07, 6.45) is 49.6. The molecule has 2 atom stereocenters. The second kappa shape index (κ2) is 39.9. The highest BCUT2D eigenvalue weighted by Crippen LogP contribution is 2.43. The Bertz CT molecular complexity index is 1220. The lowest BCUT2D eigenvalue weighted by Gasteiger charge is -2.24. The number of allylic oxidation sites excluding steroid dienone is 12. The molecule has 0 spiro atoms. The topological polar surface area (TPSA) is 108 Å². The second-order valence-electron chi connectivity index (χ2n) is 16.1. The van der Waals surface area contributed by atoms with Crippen molar-refractivity contribution in [1.82, 2.24) is 0 Å². The number of carbonyl (C=O) groups excluding carboxylic acids is 2. The van der Waals surface area contributed by atoms with Crippen LogP contribution in [0.2, 0.25) is 0 Å². The molecule has 0 amide bonds. The van der Waals surface area contributed by atoms with Crippen LogP contribution >= 0.6 is 7.82 Å². The molecule has 0 aromatic rings. The van der Waals surface area contributed by atoms with E-state index in [4.69, 9.17) is 18.5 Å². The predicted octanol–water partition coefficient (Wildman–Crippen LogP) is 13.0. The highest BCUT2D eigenvalue weighted by Gasteiger charge is 2.27. The molecule has 0 heterocycles. The van der Waals surface area contributed by atoms with Gasteiger partial charge in [0.1, 0.15) is 19.8 Å². The standard InChI is InChI=1S/C48H84NO8P/c1-6-8-10-12-14-16-18-20-22-23-24-25-27-29-31-33-35-37-39-41-48(51)57-46(45-56-58(52,53)55-43-42-49(3,4)5)44-54-47(50)40-38-36-34-32-30-28-26-21-19-17-15-13-11-9-7-2/h14,16-17,19-20,22,24-25,29,31,35,37,46H,6-13,15,18,21,23,26-28,30,32-34,36,38-45H2,1-5H3/p+1/b16-14-,19-17-,22-20-,25-24-,31-29-,37-35-/t46-/m1/s1. The number of likely N-dealkylation sites (N-methyl/N-ethyl adjacent to an activating group) is 1. The van der Waals surface area contributed by atoms with Gasteiger partial charge in [-0.05, 0) is 77.0 Å². The van der Waals surface area contributed by atoms with Crippen molar-refractivity contribution >= 4 is 19.8 Å². The number of carbonyl (C=O) groups is 2. The first-order valence-electron chi connectivity index (χ1n) is 22.7. The molecule has 0 radical (unpaired) electrons. The molecule has 1 unspecified atom stereocenters. The van der Waals surface area contributed by atoms with Gasteiger partial charge in [0.2, 0.25) is 0 Å². The van der Waals surface area contributed by atoms with Crippen LogP contribution in [-0.4, -0.2) is 74.9 Å². The minimum Gasteiger partial charge on any atom is -0.462 e. The zero-order valence-electron chi connectivity index (χ0n) is 37.5. The van der Waals surface area contributed by atoms with Crippen LogP contribution in [0.15, 0.2) is 72.9 Å². The summed E-state index contributed by atoms with van der Waals surface area (Å²) in [5.74, 6) is -0.905. The maximum atomic E-state index is 12.7. The molecule has 0 aromatic heterocycles. The van der Waals surface area contributed by atoms with E-state index in [1.54, 1.807) is 0 Å². The molecular formula is C48H85NO8P+. The van der Waals surface area contributed by atoms with Crippen LogP contribution in [0.4, 0.5) is 0 Å². The first-order valence-corrected chi connectivity index (χ1v) is 24.2. The Morgan fingerprint density at radius 3 is 1.50 bits per heavy atom. The van der Waals surface area contributed by atoms with E-state index in [0.717, 1.165) is 57.8 Å². The number of nitrogens with zero attached hydrogens (tertiary/aromatic N) is 1. The summed E-state index contributed by atoms with van der Waals surface area (Å²) in [6.45, 7) is 4.28. The largest absolute Gasteiger partial charge is 0.472 e. The van der Waals surface area contributed by atoms with Crippen LogP contribution in [0.25, 0.3) is 0 Å². The average Bonchev–Trinajstić information content (AvgIpc) is 3.17. The molecule has 0 aliphatic heterocycles. The van der Waals surface area contributed by atoms with Gasteiger partial charge < -0.3 is 18.9 Å².